The third kappa shape index (κ3) is 1.79. The van der Waals surface area contributed by atoms with Gasteiger partial charge in [-0.1, -0.05) is 0 Å². The topological polar surface area (TPSA) is 41.5 Å². The van der Waals surface area contributed by atoms with Crippen molar-refractivity contribution in [1.82, 2.24) is 5.32 Å². The molecule has 0 saturated carbocycles. The normalized spacial score (nSPS) is 42.2. The summed E-state index contributed by atoms with van der Waals surface area (Å²) in [4.78, 5) is 0. The molecule has 0 aromatic carbocycles. The van der Waals surface area contributed by atoms with Gasteiger partial charge in [0.05, 0.1) is 11.7 Å². The van der Waals surface area contributed by atoms with Crippen LogP contribution in [0.2, 0.25) is 0 Å². The lowest BCUT2D eigenvalue weighted by Gasteiger charge is -2.24. The quantitative estimate of drug-likeness (QED) is 0.627. The molecule has 0 aliphatic carbocycles. The first-order valence-corrected chi connectivity index (χ1v) is 4.83. The third-order valence-corrected chi connectivity index (χ3v) is 2.85. The van der Waals surface area contributed by atoms with E-state index in [4.69, 9.17) is 4.74 Å². The van der Waals surface area contributed by atoms with Crippen LogP contribution in [0, 0.1) is 0 Å². The van der Waals surface area contributed by atoms with Crippen molar-refractivity contribution in [3.63, 3.8) is 0 Å². The van der Waals surface area contributed by atoms with Crippen LogP contribution in [0.4, 0.5) is 0 Å². The summed E-state index contributed by atoms with van der Waals surface area (Å²) in [6.45, 7) is 2.57. The molecule has 0 aromatic heterocycles. The van der Waals surface area contributed by atoms with Crippen LogP contribution in [0.25, 0.3) is 0 Å². The summed E-state index contributed by atoms with van der Waals surface area (Å²) < 4.78 is 5.49. The van der Waals surface area contributed by atoms with E-state index < -0.39 is 5.60 Å². The second-order valence-corrected chi connectivity index (χ2v) is 3.99. The number of aliphatic hydroxyl groups is 1. The van der Waals surface area contributed by atoms with E-state index in [0.717, 1.165) is 45.4 Å². The van der Waals surface area contributed by atoms with Crippen LogP contribution in [0.15, 0.2) is 0 Å². The van der Waals surface area contributed by atoms with Crippen molar-refractivity contribution in [2.75, 3.05) is 19.7 Å². The van der Waals surface area contributed by atoms with Gasteiger partial charge in [-0.2, -0.15) is 0 Å². The van der Waals surface area contributed by atoms with E-state index in [2.05, 4.69) is 5.32 Å². The van der Waals surface area contributed by atoms with Crippen LogP contribution < -0.4 is 5.32 Å². The molecule has 70 valence electrons. The van der Waals surface area contributed by atoms with E-state index in [1.165, 1.54) is 0 Å². The lowest BCUT2D eigenvalue weighted by atomic mass is 9.94. The van der Waals surface area contributed by atoms with E-state index in [1.54, 1.807) is 0 Å². The number of nitrogens with one attached hydrogen (secondary N) is 1. The summed E-state index contributed by atoms with van der Waals surface area (Å²) >= 11 is 0. The fourth-order valence-corrected chi connectivity index (χ4v) is 2.13. The Morgan fingerprint density at radius 2 is 2.50 bits per heavy atom. The highest BCUT2D eigenvalue weighted by atomic mass is 16.5. The molecule has 2 aliphatic heterocycles. The van der Waals surface area contributed by atoms with Gasteiger partial charge < -0.3 is 15.2 Å². The van der Waals surface area contributed by atoms with Gasteiger partial charge in [0.2, 0.25) is 0 Å². The molecule has 0 radical (unpaired) electrons. The number of hydrogen-bond donors (Lipinski definition) is 2. The van der Waals surface area contributed by atoms with Crippen LogP contribution in [0.1, 0.15) is 25.7 Å². The van der Waals surface area contributed by atoms with Crippen LogP contribution >= 0.6 is 0 Å². The van der Waals surface area contributed by atoms with Crippen molar-refractivity contribution in [2.45, 2.75) is 37.4 Å². The van der Waals surface area contributed by atoms with Crippen molar-refractivity contribution < 1.29 is 9.84 Å². The minimum Gasteiger partial charge on any atom is -0.388 e. The molecule has 0 amide bonds. The highest BCUT2D eigenvalue weighted by Gasteiger charge is 2.34. The van der Waals surface area contributed by atoms with Gasteiger partial charge in [-0.3, -0.25) is 0 Å². The van der Waals surface area contributed by atoms with Crippen molar-refractivity contribution >= 4 is 0 Å². The van der Waals surface area contributed by atoms with Gasteiger partial charge >= 0.3 is 0 Å². The monoisotopic (exact) mass is 171 g/mol. The summed E-state index contributed by atoms with van der Waals surface area (Å²) in [5.41, 5.74) is -0.477. The van der Waals surface area contributed by atoms with Crippen LogP contribution in [0.3, 0.4) is 0 Å². The third-order valence-electron chi connectivity index (χ3n) is 2.85. The fourth-order valence-electron chi connectivity index (χ4n) is 2.13. The highest BCUT2D eigenvalue weighted by Crippen LogP contribution is 2.26. The van der Waals surface area contributed by atoms with Gasteiger partial charge in [-0.25, -0.2) is 0 Å². The second kappa shape index (κ2) is 3.32. The lowest BCUT2D eigenvalue weighted by molar-refractivity contribution is -0.00560. The maximum atomic E-state index is 10.0. The lowest BCUT2D eigenvalue weighted by Crippen LogP contribution is -2.35. The molecule has 2 aliphatic rings. The molecule has 2 atom stereocenters. The summed E-state index contributed by atoms with van der Waals surface area (Å²) in [6, 6.07) is 0. The predicted molar refractivity (Wildman–Crippen MR) is 46.0 cm³/mol. The van der Waals surface area contributed by atoms with E-state index in [-0.39, 0.29) is 0 Å². The summed E-state index contributed by atoms with van der Waals surface area (Å²) in [5.74, 6) is 0. The van der Waals surface area contributed by atoms with Crippen LogP contribution in [-0.2, 0) is 4.74 Å². The minimum atomic E-state index is -0.477. The first-order valence-electron chi connectivity index (χ1n) is 4.83. The van der Waals surface area contributed by atoms with E-state index >= 15 is 0 Å². The maximum Gasteiger partial charge on any atom is 0.0808 e. The van der Waals surface area contributed by atoms with E-state index in [0.29, 0.717) is 6.10 Å². The van der Waals surface area contributed by atoms with Gasteiger partial charge in [0.15, 0.2) is 0 Å². The second-order valence-electron chi connectivity index (χ2n) is 3.99. The SMILES string of the molecule is OC1(CC2CCCO2)CCNC1. The molecular weight excluding hydrogens is 154 g/mol. The van der Waals surface area contributed by atoms with Crippen molar-refractivity contribution in [1.29, 1.82) is 0 Å². The largest absolute Gasteiger partial charge is 0.388 e. The van der Waals surface area contributed by atoms with E-state index in [1.807, 2.05) is 0 Å². The molecule has 3 nitrogen and oxygen atoms in total. The molecule has 2 rings (SSSR count). The Hall–Kier alpha value is -0.120. The molecule has 2 heterocycles. The van der Waals surface area contributed by atoms with Gasteiger partial charge in [-0.15, -0.1) is 0 Å². The number of β-amino-alcohol motifs (C(OH)–C–C–N with tert-alkyl or cyclic N) is 1. The average Bonchev–Trinajstić information content (AvgIpc) is 2.62. The number of rotatable bonds is 2. The maximum absolute atomic E-state index is 10.0. The molecule has 0 spiro atoms. The fraction of sp³-hybridized carbons (Fsp3) is 1.00. The Morgan fingerprint density at radius 1 is 1.58 bits per heavy atom. The van der Waals surface area contributed by atoms with Crippen molar-refractivity contribution in [2.24, 2.45) is 0 Å². The zero-order valence-electron chi connectivity index (χ0n) is 7.38. The predicted octanol–water partition coefficient (Wildman–Crippen LogP) is 0.280. The standard InChI is InChI=1S/C9H17NO2/c11-9(3-4-10-7-9)6-8-2-1-5-12-8/h8,10-11H,1-7H2. The highest BCUT2D eigenvalue weighted by molar-refractivity contribution is 4.90. The van der Waals surface area contributed by atoms with Gasteiger partial charge in [0, 0.05) is 19.6 Å². The molecule has 3 heteroatoms. The average molecular weight is 171 g/mol. The molecule has 2 N–H and O–H groups in total. The molecule has 2 saturated heterocycles. The number of ether oxygens (including phenoxy) is 1. The van der Waals surface area contributed by atoms with Gasteiger partial charge in [0.25, 0.3) is 0 Å². The molecule has 0 bridgehead atoms. The zero-order valence-corrected chi connectivity index (χ0v) is 7.38. The molecule has 12 heavy (non-hydrogen) atoms. The van der Waals surface area contributed by atoms with Crippen molar-refractivity contribution in [3.05, 3.63) is 0 Å². The minimum absolute atomic E-state index is 0.315. The molecule has 2 unspecified atom stereocenters. The van der Waals surface area contributed by atoms with Crippen LogP contribution in [-0.4, -0.2) is 36.5 Å². The Kier molecular flexibility index (Phi) is 2.35. The Bertz CT molecular complexity index is 149. The molecule has 2 fully saturated rings. The molecular formula is C9H17NO2. The smallest absolute Gasteiger partial charge is 0.0808 e. The summed E-state index contributed by atoms with van der Waals surface area (Å²) in [6.07, 6.45) is 4.30. The van der Waals surface area contributed by atoms with Crippen LogP contribution in [0.5, 0.6) is 0 Å². The summed E-state index contributed by atoms with van der Waals surface area (Å²) in [7, 11) is 0. The first kappa shape index (κ1) is 8.48. The van der Waals surface area contributed by atoms with Gasteiger partial charge in [-0.05, 0) is 25.8 Å². The number of hydrogen-bond acceptors (Lipinski definition) is 3. The summed E-state index contributed by atoms with van der Waals surface area (Å²) in [5, 5.41) is 13.2. The van der Waals surface area contributed by atoms with E-state index in [9.17, 15) is 5.11 Å². The Labute approximate surface area is 73.1 Å². The zero-order chi connectivity index (χ0) is 8.44. The Morgan fingerprint density at radius 3 is 3.08 bits per heavy atom. The Balaban J connectivity index is 1.83. The first-order chi connectivity index (χ1) is 5.79. The van der Waals surface area contributed by atoms with Crippen molar-refractivity contribution in [3.8, 4) is 0 Å². The van der Waals surface area contributed by atoms with Gasteiger partial charge in [0.1, 0.15) is 0 Å². The molecule has 0 aromatic rings.